The third-order valence-corrected chi connectivity index (χ3v) is 3.68. The molecule has 2 aromatic rings. The van der Waals surface area contributed by atoms with E-state index in [1.807, 2.05) is 6.20 Å². The van der Waals surface area contributed by atoms with Crippen molar-refractivity contribution in [3.05, 3.63) is 41.0 Å². The summed E-state index contributed by atoms with van der Waals surface area (Å²) in [4.78, 5) is 5.47. The van der Waals surface area contributed by atoms with Gasteiger partial charge >= 0.3 is 0 Å². The van der Waals surface area contributed by atoms with Crippen LogP contribution >= 0.6 is 11.3 Å². The van der Waals surface area contributed by atoms with E-state index in [4.69, 9.17) is 5.73 Å². The zero-order valence-corrected chi connectivity index (χ0v) is 11.1. The summed E-state index contributed by atoms with van der Waals surface area (Å²) in [6, 6.07) is 8.76. The highest BCUT2D eigenvalue weighted by Gasteiger charge is 2.04. The van der Waals surface area contributed by atoms with Crippen molar-refractivity contribution < 1.29 is 0 Å². The summed E-state index contributed by atoms with van der Waals surface area (Å²) in [6.45, 7) is 5.01. The lowest BCUT2D eigenvalue weighted by Gasteiger charge is -2.05. The Morgan fingerprint density at radius 1 is 1.24 bits per heavy atom. The third-order valence-electron chi connectivity index (χ3n) is 2.61. The van der Waals surface area contributed by atoms with Crippen molar-refractivity contribution in [2.75, 3.05) is 0 Å². The van der Waals surface area contributed by atoms with Crippen molar-refractivity contribution in [3.8, 4) is 10.4 Å². The van der Waals surface area contributed by atoms with E-state index in [2.05, 4.69) is 43.1 Å². The molecule has 0 aliphatic carbocycles. The summed E-state index contributed by atoms with van der Waals surface area (Å²) in [5, 5.41) is 0.992. The van der Waals surface area contributed by atoms with Gasteiger partial charge in [-0.1, -0.05) is 38.1 Å². The number of benzene rings is 1. The molecule has 1 aromatic heterocycles. The zero-order chi connectivity index (χ0) is 12.3. The molecule has 0 aliphatic rings. The standard InChI is InChI=1S/C14H18N2S/c1-10(2)7-11-3-5-12(6-4-11)13-9-16-14(8-15)17-13/h3-6,9-10H,7-8,15H2,1-2H3. The molecule has 0 radical (unpaired) electrons. The molecule has 3 heteroatoms. The quantitative estimate of drug-likeness (QED) is 0.897. The van der Waals surface area contributed by atoms with E-state index in [9.17, 15) is 0 Å². The molecular formula is C14H18N2S. The van der Waals surface area contributed by atoms with E-state index in [-0.39, 0.29) is 0 Å². The molecule has 2 nitrogen and oxygen atoms in total. The van der Waals surface area contributed by atoms with E-state index in [0.717, 1.165) is 11.4 Å². The molecule has 0 unspecified atom stereocenters. The second-order valence-corrected chi connectivity index (χ2v) is 5.73. The van der Waals surface area contributed by atoms with Gasteiger partial charge in [-0.3, -0.25) is 0 Å². The van der Waals surface area contributed by atoms with Gasteiger partial charge in [-0.25, -0.2) is 4.98 Å². The fourth-order valence-electron chi connectivity index (χ4n) is 1.81. The summed E-state index contributed by atoms with van der Waals surface area (Å²) >= 11 is 1.67. The van der Waals surface area contributed by atoms with Gasteiger partial charge < -0.3 is 5.73 Å². The molecule has 0 aliphatic heterocycles. The first-order chi connectivity index (χ1) is 8.19. The highest BCUT2D eigenvalue weighted by Crippen LogP contribution is 2.26. The summed E-state index contributed by atoms with van der Waals surface area (Å²) in [6.07, 6.45) is 3.04. The minimum absolute atomic E-state index is 0.524. The molecule has 2 N–H and O–H groups in total. The monoisotopic (exact) mass is 246 g/mol. The van der Waals surface area contributed by atoms with Gasteiger partial charge in [0.15, 0.2) is 0 Å². The maximum Gasteiger partial charge on any atom is 0.107 e. The number of nitrogens with two attached hydrogens (primary N) is 1. The Balaban J connectivity index is 2.17. The van der Waals surface area contributed by atoms with Gasteiger partial charge in [-0.15, -0.1) is 11.3 Å². The van der Waals surface area contributed by atoms with Gasteiger partial charge in [0.1, 0.15) is 5.01 Å². The van der Waals surface area contributed by atoms with Crippen molar-refractivity contribution in [3.63, 3.8) is 0 Å². The van der Waals surface area contributed by atoms with Gasteiger partial charge in [-0.2, -0.15) is 0 Å². The predicted octanol–water partition coefficient (Wildman–Crippen LogP) is 3.47. The van der Waals surface area contributed by atoms with Gasteiger partial charge in [0.2, 0.25) is 0 Å². The topological polar surface area (TPSA) is 38.9 Å². The lowest BCUT2D eigenvalue weighted by Crippen LogP contribution is -1.93. The van der Waals surface area contributed by atoms with Crippen molar-refractivity contribution >= 4 is 11.3 Å². The number of rotatable bonds is 4. The maximum absolute atomic E-state index is 5.57. The number of thiazole rings is 1. The number of nitrogens with zero attached hydrogens (tertiary/aromatic N) is 1. The van der Waals surface area contributed by atoms with Gasteiger partial charge in [0, 0.05) is 12.7 Å². The van der Waals surface area contributed by atoms with Crippen LogP contribution < -0.4 is 5.73 Å². The average molecular weight is 246 g/mol. The summed E-state index contributed by atoms with van der Waals surface area (Å²) < 4.78 is 0. The van der Waals surface area contributed by atoms with Crippen LogP contribution in [0, 0.1) is 5.92 Å². The van der Waals surface area contributed by atoms with Crippen LogP contribution in [-0.4, -0.2) is 4.98 Å². The van der Waals surface area contributed by atoms with E-state index in [1.165, 1.54) is 16.0 Å². The summed E-state index contributed by atoms with van der Waals surface area (Å²) in [5.41, 5.74) is 8.19. The number of aromatic nitrogens is 1. The van der Waals surface area contributed by atoms with Crippen molar-refractivity contribution in [1.29, 1.82) is 0 Å². The van der Waals surface area contributed by atoms with Crippen LogP contribution in [0.2, 0.25) is 0 Å². The first-order valence-electron chi connectivity index (χ1n) is 5.93. The molecular weight excluding hydrogens is 228 g/mol. The molecule has 0 bridgehead atoms. The smallest absolute Gasteiger partial charge is 0.107 e. The Labute approximate surface area is 107 Å². The second kappa shape index (κ2) is 5.43. The van der Waals surface area contributed by atoms with E-state index in [0.29, 0.717) is 12.5 Å². The average Bonchev–Trinajstić information content (AvgIpc) is 2.78. The van der Waals surface area contributed by atoms with Gasteiger partial charge in [0.05, 0.1) is 4.88 Å². The lowest BCUT2D eigenvalue weighted by molar-refractivity contribution is 0.647. The molecule has 1 heterocycles. The van der Waals surface area contributed by atoms with Crippen LogP contribution in [0.5, 0.6) is 0 Å². The largest absolute Gasteiger partial charge is 0.325 e. The fraction of sp³-hybridized carbons (Fsp3) is 0.357. The minimum Gasteiger partial charge on any atom is -0.325 e. The molecule has 0 fully saturated rings. The van der Waals surface area contributed by atoms with Crippen LogP contribution in [0.15, 0.2) is 30.5 Å². The molecule has 2 rings (SSSR count). The Bertz CT molecular complexity index is 471. The molecule has 1 aromatic carbocycles. The highest BCUT2D eigenvalue weighted by atomic mass is 32.1. The predicted molar refractivity (Wildman–Crippen MR) is 74.0 cm³/mol. The van der Waals surface area contributed by atoms with Crippen LogP contribution in [0.3, 0.4) is 0 Å². The molecule has 0 spiro atoms. The Morgan fingerprint density at radius 2 is 1.94 bits per heavy atom. The van der Waals surface area contributed by atoms with Crippen molar-refractivity contribution in [2.24, 2.45) is 11.7 Å². The minimum atomic E-state index is 0.524. The highest BCUT2D eigenvalue weighted by molar-refractivity contribution is 7.15. The Hall–Kier alpha value is -1.19. The third kappa shape index (κ3) is 3.14. The Morgan fingerprint density at radius 3 is 2.47 bits per heavy atom. The molecule has 0 atom stereocenters. The van der Waals surface area contributed by atoms with Crippen molar-refractivity contribution in [1.82, 2.24) is 4.98 Å². The Kier molecular flexibility index (Phi) is 3.92. The van der Waals surface area contributed by atoms with Crippen LogP contribution in [0.1, 0.15) is 24.4 Å². The number of hydrogen-bond acceptors (Lipinski definition) is 3. The molecule has 0 saturated carbocycles. The maximum atomic E-state index is 5.57. The fourth-order valence-corrected chi connectivity index (χ4v) is 2.62. The first kappa shape index (κ1) is 12.3. The van der Waals surface area contributed by atoms with Crippen molar-refractivity contribution in [2.45, 2.75) is 26.8 Å². The van der Waals surface area contributed by atoms with Crippen LogP contribution in [0.25, 0.3) is 10.4 Å². The van der Waals surface area contributed by atoms with Crippen LogP contribution in [-0.2, 0) is 13.0 Å². The zero-order valence-electron chi connectivity index (χ0n) is 10.3. The van der Waals surface area contributed by atoms with E-state index in [1.54, 1.807) is 11.3 Å². The molecule has 0 saturated heterocycles. The SMILES string of the molecule is CC(C)Cc1ccc(-c2cnc(CN)s2)cc1. The summed E-state index contributed by atoms with van der Waals surface area (Å²) in [5.74, 6) is 0.702. The molecule has 90 valence electrons. The number of hydrogen-bond donors (Lipinski definition) is 1. The van der Waals surface area contributed by atoms with Gasteiger partial charge in [-0.05, 0) is 23.5 Å². The van der Waals surface area contributed by atoms with E-state index < -0.39 is 0 Å². The molecule has 0 amide bonds. The summed E-state index contributed by atoms with van der Waals surface area (Å²) in [7, 11) is 0. The van der Waals surface area contributed by atoms with Crippen LogP contribution in [0.4, 0.5) is 0 Å². The second-order valence-electron chi connectivity index (χ2n) is 4.62. The van der Waals surface area contributed by atoms with E-state index >= 15 is 0 Å². The first-order valence-corrected chi connectivity index (χ1v) is 6.74. The molecule has 17 heavy (non-hydrogen) atoms. The normalized spacial score (nSPS) is 11.1. The lowest BCUT2D eigenvalue weighted by atomic mass is 10.0. The van der Waals surface area contributed by atoms with Gasteiger partial charge in [0.25, 0.3) is 0 Å².